The van der Waals surface area contributed by atoms with E-state index in [1.807, 2.05) is 10.9 Å². The summed E-state index contributed by atoms with van der Waals surface area (Å²) in [6.45, 7) is 7.33. The maximum absolute atomic E-state index is 4.34. The van der Waals surface area contributed by atoms with Gasteiger partial charge in [0, 0.05) is 30.4 Å². The number of nitrogens with zero attached hydrogens (tertiary/aromatic N) is 2. The zero-order valence-electron chi connectivity index (χ0n) is 10.6. The molecule has 17 heavy (non-hydrogen) atoms. The largest absolute Gasteiger partial charge is 0.306 e. The first-order chi connectivity index (χ1) is 8.16. The number of nitrogens with one attached hydrogen (secondary N) is 1. The molecule has 0 saturated heterocycles. The third kappa shape index (κ3) is 3.17. The molecule has 0 aliphatic heterocycles. The Labute approximate surface area is 106 Å². The maximum Gasteiger partial charge on any atom is 0.0534 e. The first-order valence-corrected chi connectivity index (χ1v) is 6.89. The second-order valence-electron chi connectivity index (χ2n) is 4.58. The van der Waals surface area contributed by atoms with Gasteiger partial charge in [-0.2, -0.15) is 16.4 Å². The van der Waals surface area contributed by atoms with Gasteiger partial charge in [0.2, 0.25) is 0 Å². The monoisotopic (exact) mass is 249 g/mol. The average Bonchev–Trinajstić information content (AvgIpc) is 2.97. The van der Waals surface area contributed by atoms with Gasteiger partial charge >= 0.3 is 0 Å². The molecule has 0 bridgehead atoms. The summed E-state index contributed by atoms with van der Waals surface area (Å²) in [5.41, 5.74) is 2.59. The van der Waals surface area contributed by atoms with Crippen molar-refractivity contribution in [2.24, 2.45) is 0 Å². The Morgan fingerprint density at radius 3 is 2.82 bits per heavy atom. The fourth-order valence-corrected chi connectivity index (χ4v) is 2.42. The zero-order chi connectivity index (χ0) is 12.3. The Bertz CT molecular complexity index is 445. The van der Waals surface area contributed by atoms with E-state index in [1.54, 1.807) is 11.3 Å². The molecule has 0 amide bonds. The number of hydrogen-bond acceptors (Lipinski definition) is 3. The van der Waals surface area contributed by atoms with Crippen LogP contribution in [0.15, 0.2) is 29.2 Å². The average molecular weight is 249 g/mol. The molecule has 1 atom stereocenters. The first-order valence-electron chi connectivity index (χ1n) is 5.95. The van der Waals surface area contributed by atoms with Crippen molar-refractivity contribution in [3.8, 4) is 0 Å². The lowest BCUT2D eigenvalue weighted by atomic mass is 10.2. The van der Waals surface area contributed by atoms with E-state index in [2.05, 4.69) is 54.2 Å². The molecule has 0 aliphatic carbocycles. The van der Waals surface area contributed by atoms with Gasteiger partial charge in [0.05, 0.1) is 6.20 Å². The van der Waals surface area contributed by atoms with Gasteiger partial charge in [-0.25, -0.2) is 0 Å². The van der Waals surface area contributed by atoms with Gasteiger partial charge in [0.1, 0.15) is 0 Å². The van der Waals surface area contributed by atoms with Crippen LogP contribution in [0.3, 0.4) is 0 Å². The van der Waals surface area contributed by atoms with E-state index in [1.165, 1.54) is 11.1 Å². The van der Waals surface area contributed by atoms with E-state index in [9.17, 15) is 0 Å². The Morgan fingerprint density at radius 2 is 2.24 bits per heavy atom. The van der Waals surface area contributed by atoms with Gasteiger partial charge in [-0.1, -0.05) is 0 Å². The summed E-state index contributed by atoms with van der Waals surface area (Å²) in [7, 11) is 0. The molecule has 1 N–H and O–H groups in total. The van der Waals surface area contributed by atoms with Crippen LogP contribution in [-0.4, -0.2) is 9.78 Å². The minimum atomic E-state index is 0.392. The van der Waals surface area contributed by atoms with E-state index < -0.39 is 0 Å². The maximum atomic E-state index is 4.34. The molecule has 0 radical (unpaired) electrons. The van der Waals surface area contributed by atoms with Gasteiger partial charge in [-0.15, -0.1) is 0 Å². The zero-order valence-corrected chi connectivity index (χ0v) is 11.4. The van der Waals surface area contributed by atoms with Crippen molar-refractivity contribution >= 4 is 11.3 Å². The molecule has 0 spiro atoms. The Kier molecular flexibility index (Phi) is 3.97. The van der Waals surface area contributed by atoms with Crippen LogP contribution in [0, 0.1) is 0 Å². The minimum absolute atomic E-state index is 0.392. The highest BCUT2D eigenvalue weighted by Crippen LogP contribution is 2.16. The highest BCUT2D eigenvalue weighted by Gasteiger charge is 2.06. The van der Waals surface area contributed by atoms with Crippen molar-refractivity contribution < 1.29 is 0 Å². The van der Waals surface area contributed by atoms with Gasteiger partial charge in [-0.3, -0.25) is 4.68 Å². The molecule has 0 saturated carbocycles. The predicted octanol–water partition coefficient (Wildman–Crippen LogP) is 3.38. The number of aromatic nitrogens is 2. The van der Waals surface area contributed by atoms with Crippen molar-refractivity contribution in [3.63, 3.8) is 0 Å². The first kappa shape index (κ1) is 12.3. The van der Waals surface area contributed by atoms with Gasteiger partial charge in [0.25, 0.3) is 0 Å². The molecule has 2 heterocycles. The van der Waals surface area contributed by atoms with E-state index >= 15 is 0 Å². The summed E-state index contributed by atoms with van der Waals surface area (Å²) in [6.07, 6.45) is 4.05. The second kappa shape index (κ2) is 5.47. The van der Waals surface area contributed by atoms with Crippen LogP contribution in [0.4, 0.5) is 0 Å². The van der Waals surface area contributed by atoms with Crippen molar-refractivity contribution in [1.29, 1.82) is 0 Å². The van der Waals surface area contributed by atoms with Crippen LogP contribution in [0.2, 0.25) is 0 Å². The Balaban J connectivity index is 1.89. The van der Waals surface area contributed by atoms with Gasteiger partial charge < -0.3 is 5.32 Å². The Hall–Kier alpha value is -1.13. The summed E-state index contributed by atoms with van der Waals surface area (Å²) in [5, 5.41) is 12.1. The number of thiophene rings is 1. The molecule has 2 aromatic rings. The van der Waals surface area contributed by atoms with Crippen molar-refractivity contribution in [1.82, 2.24) is 15.1 Å². The third-order valence-corrected chi connectivity index (χ3v) is 3.54. The van der Waals surface area contributed by atoms with Crippen LogP contribution < -0.4 is 5.32 Å². The highest BCUT2D eigenvalue weighted by molar-refractivity contribution is 7.07. The fourth-order valence-electron chi connectivity index (χ4n) is 1.66. The highest BCUT2D eigenvalue weighted by atomic mass is 32.1. The van der Waals surface area contributed by atoms with E-state index in [4.69, 9.17) is 0 Å². The topological polar surface area (TPSA) is 29.9 Å². The predicted molar refractivity (Wildman–Crippen MR) is 72.2 cm³/mol. The smallest absolute Gasteiger partial charge is 0.0534 e. The van der Waals surface area contributed by atoms with Gasteiger partial charge in [-0.05, 0) is 43.2 Å². The lowest BCUT2D eigenvalue weighted by molar-refractivity contribution is 0.530. The second-order valence-corrected chi connectivity index (χ2v) is 5.36. The molecular formula is C13H19N3S. The van der Waals surface area contributed by atoms with Crippen molar-refractivity contribution in [3.05, 3.63) is 40.3 Å². The summed E-state index contributed by atoms with van der Waals surface area (Å²) in [5.74, 6) is 0. The van der Waals surface area contributed by atoms with Crippen molar-refractivity contribution in [2.45, 2.75) is 39.4 Å². The lowest BCUT2D eigenvalue weighted by Gasteiger charge is -2.11. The van der Waals surface area contributed by atoms with Crippen LogP contribution in [-0.2, 0) is 6.54 Å². The normalized spacial score (nSPS) is 13.2. The molecule has 2 aromatic heterocycles. The standard InChI is InChI=1S/C13H19N3S/c1-10(2)16-8-12(7-15-16)6-14-11(3)13-4-5-17-9-13/h4-5,7-11,14H,6H2,1-3H3. The quantitative estimate of drug-likeness (QED) is 0.880. The third-order valence-electron chi connectivity index (χ3n) is 2.84. The van der Waals surface area contributed by atoms with Crippen LogP contribution >= 0.6 is 11.3 Å². The molecule has 0 aliphatic rings. The van der Waals surface area contributed by atoms with E-state index in [0.29, 0.717) is 12.1 Å². The van der Waals surface area contributed by atoms with E-state index in [0.717, 1.165) is 6.54 Å². The molecule has 0 aromatic carbocycles. The van der Waals surface area contributed by atoms with Crippen molar-refractivity contribution in [2.75, 3.05) is 0 Å². The summed E-state index contributed by atoms with van der Waals surface area (Å²) in [6, 6.07) is 2.99. The SMILES string of the molecule is CC(NCc1cnn(C(C)C)c1)c1ccsc1. The fraction of sp³-hybridized carbons (Fsp3) is 0.462. The molecule has 92 valence electrons. The molecule has 1 unspecified atom stereocenters. The van der Waals surface area contributed by atoms with E-state index in [-0.39, 0.29) is 0 Å². The molecule has 0 fully saturated rings. The van der Waals surface area contributed by atoms with Crippen LogP contribution in [0.25, 0.3) is 0 Å². The minimum Gasteiger partial charge on any atom is -0.306 e. The number of rotatable bonds is 5. The summed E-state index contributed by atoms with van der Waals surface area (Å²) in [4.78, 5) is 0. The lowest BCUT2D eigenvalue weighted by Crippen LogP contribution is -2.17. The molecule has 3 nitrogen and oxygen atoms in total. The molecule has 4 heteroatoms. The van der Waals surface area contributed by atoms with Gasteiger partial charge in [0.15, 0.2) is 0 Å². The molecule has 2 rings (SSSR count). The Morgan fingerprint density at radius 1 is 1.41 bits per heavy atom. The van der Waals surface area contributed by atoms with Crippen LogP contribution in [0.5, 0.6) is 0 Å². The summed E-state index contributed by atoms with van der Waals surface area (Å²) < 4.78 is 1.99. The van der Waals surface area contributed by atoms with Crippen LogP contribution in [0.1, 0.15) is 44.0 Å². The molecular weight excluding hydrogens is 230 g/mol. The summed E-state index contributed by atoms with van der Waals surface area (Å²) >= 11 is 1.74. The number of hydrogen-bond donors (Lipinski definition) is 1.